The molecule has 7 nitrogen and oxygen atoms in total. The van der Waals surface area contributed by atoms with Gasteiger partial charge in [0.05, 0.1) is 18.1 Å². The van der Waals surface area contributed by atoms with Gasteiger partial charge < -0.3 is 9.80 Å². The van der Waals surface area contributed by atoms with Gasteiger partial charge >= 0.3 is 6.03 Å². The Morgan fingerprint density at radius 3 is 2.38 bits per heavy atom. The van der Waals surface area contributed by atoms with Gasteiger partial charge in [-0.3, -0.25) is 9.69 Å². The summed E-state index contributed by atoms with van der Waals surface area (Å²) in [4.78, 5) is 30.0. The van der Waals surface area contributed by atoms with Gasteiger partial charge in [-0.25, -0.2) is 4.79 Å². The third-order valence-corrected chi connectivity index (χ3v) is 6.11. The van der Waals surface area contributed by atoms with Crippen LogP contribution < -0.4 is 4.90 Å². The first-order chi connectivity index (χ1) is 15.4. The van der Waals surface area contributed by atoms with E-state index in [-0.39, 0.29) is 11.9 Å². The molecular formula is C25H29N5O2. The third kappa shape index (κ3) is 4.73. The molecule has 0 N–H and O–H groups in total. The van der Waals surface area contributed by atoms with E-state index >= 15 is 0 Å². The Balaban J connectivity index is 1.34. The molecule has 2 amide bonds. The van der Waals surface area contributed by atoms with E-state index in [1.807, 2.05) is 11.0 Å². The Morgan fingerprint density at radius 2 is 1.72 bits per heavy atom. The normalized spacial score (nSPS) is 14.4. The fraction of sp³-hybridized carbons (Fsp3) is 0.320. The lowest BCUT2D eigenvalue weighted by Crippen LogP contribution is -2.49. The van der Waals surface area contributed by atoms with Crippen molar-refractivity contribution in [3.05, 3.63) is 72.1 Å². The first-order valence-corrected chi connectivity index (χ1v) is 10.9. The second-order valence-electron chi connectivity index (χ2n) is 8.27. The quantitative estimate of drug-likeness (QED) is 0.633. The maximum Gasteiger partial charge on any atom is 0.344 e. The van der Waals surface area contributed by atoms with E-state index in [0.717, 1.165) is 19.6 Å². The predicted molar refractivity (Wildman–Crippen MR) is 126 cm³/mol. The van der Waals surface area contributed by atoms with Gasteiger partial charge in [-0.2, -0.15) is 9.78 Å². The Bertz CT molecular complexity index is 1100. The Labute approximate surface area is 188 Å². The predicted octanol–water partition coefficient (Wildman–Crippen LogP) is 3.63. The number of piperazine rings is 1. The summed E-state index contributed by atoms with van der Waals surface area (Å²) in [7, 11) is 1.67. The van der Waals surface area contributed by atoms with Crippen LogP contribution in [0.4, 0.5) is 10.5 Å². The van der Waals surface area contributed by atoms with Gasteiger partial charge in [0.25, 0.3) is 0 Å². The maximum absolute atomic E-state index is 12.8. The number of carbonyl (C=O) groups excluding carboxylic acids is 2. The minimum atomic E-state index is -0.156. The molecule has 0 radical (unpaired) electrons. The fourth-order valence-corrected chi connectivity index (χ4v) is 3.94. The number of hydrogen-bond acceptors (Lipinski definition) is 4. The molecule has 3 aromatic rings. The van der Waals surface area contributed by atoms with Gasteiger partial charge in [-0.1, -0.05) is 48.5 Å². The molecule has 0 unspecified atom stereocenters. The van der Waals surface area contributed by atoms with E-state index in [9.17, 15) is 9.59 Å². The van der Waals surface area contributed by atoms with Gasteiger partial charge in [0, 0.05) is 46.7 Å². The average molecular weight is 432 g/mol. The van der Waals surface area contributed by atoms with Crippen LogP contribution in [-0.2, 0) is 11.3 Å². The zero-order valence-electron chi connectivity index (χ0n) is 18.9. The van der Waals surface area contributed by atoms with Crippen LogP contribution >= 0.6 is 0 Å². The SMILES string of the molecule is CC(=O)N(C)c1cnn(C(=O)N2CCN(Cc3ccc(-c4ccccc4)cc3C)CC2)c1. The highest BCUT2D eigenvalue weighted by atomic mass is 16.2. The van der Waals surface area contributed by atoms with E-state index in [2.05, 4.69) is 59.4 Å². The topological polar surface area (TPSA) is 61.7 Å². The molecule has 1 aliphatic rings. The monoisotopic (exact) mass is 431 g/mol. The third-order valence-electron chi connectivity index (χ3n) is 6.11. The summed E-state index contributed by atoms with van der Waals surface area (Å²) < 4.78 is 1.32. The molecule has 166 valence electrons. The van der Waals surface area contributed by atoms with Crippen LogP contribution in [0.3, 0.4) is 0 Å². The Morgan fingerprint density at radius 1 is 1.00 bits per heavy atom. The number of hydrogen-bond donors (Lipinski definition) is 0. The molecule has 32 heavy (non-hydrogen) atoms. The molecule has 2 aromatic carbocycles. The number of nitrogens with zero attached hydrogens (tertiary/aromatic N) is 5. The highest BCUT2D eigenvalue weighted by Gasteiger charge is 2.23. The Hall–Kier alpha value is -3.45. The molecule has 1 aliphatic heterocycles. The minimum Gasteiger partial charge on any atom is -0.320 e. The van der Waals surface area contributed by atoms with Gasteiger partial charge in [0.15, 0.2) is 0 Å². The second-order valence-corrected chi connectivity index (χ2v) is 8.27. The van der Waals surface area contributed by atoms with Crippen molar-refractivity contribution in [3.8, 4) is 11.1 Å². The van der Waals surface area contributed by atoms with Crippen LogP contribution in [0.1, 0.15) is 18.1 Å². The van der Waals surface area contributed by atoms with Crippen LogP contribution in [0.2, 0.25) is 0 Å². The number of rotatable bonds is 4. The first-order valence-electron chi connectivity index (χ1n) is 10.9. The summed E-state index contributed by atoms with van der Waals surface area (Å²) in [6.07, 6.45) is 3.14. The van der Waals surface area contributed by atoms with Crippen molar-refractivity contribution in [3.63, 3.8) is 0 Å². The van der Waals surface area contributed by atoms with E-state index < -0.39 is 0 Å². The van der Waals surface area contributed by atoms with E-state index in [1.165, 1.54) is 45.0 Å². The molecule has 7 heteroatoms. The highest BCUT2D eigenvalue weighted by molar-refractivity contribution is 5.91. The van der Waals surface area contributed by atoms with Crippen molar-refractivity contribution in [2.75, 3.05) is 38.1 Å². The van der Waals surface area contributed by atoms with Crippen LogP contribution in [0.15, 0.2) is 60.9 Å². The maximum atomic E-state index is 12.8. The molecule has 0 atom stereocenters. The number of aromatic nitrogens is 2. The number of amides is 2. The first kappa shape index (κ1) is 21.8. The summed E-state index contributed by atoms with van der Waals surface area (Å²) in [5, 5.41) is 4.14. The summed E-state index contributed by atoms with van der Waals surface area (Å²) in [5.74, 6) is -0.0993. The van der Waals surface area contributed by atoms with Gasteiger partial charge in [-0.05, 0) is 29.2 Å². The van der Waals surface area contributed by atoms with Crippen LogP contribution in [0.5, 0.6) is 0 Å². The van der Waals surface area contributed by atoms with Gasteiger partial charge in [-0.15, -0.1) is 0 Å². The summed E-state index contributed by atoms with van der Waals surface area (Å²) >= 11 is 0. The molecule has 0 spiro atoms. The lowest BCUT2D eigenvalue weighted by Gasteiger charge is -2.34. The number of anilines is 1. The van der Waals surface area contributed by atoms with Crippen molar-refractivity contribution >= 4 is 17.6 Å². The zero-order valence-corrected chi connectivity index (χ0v) is 18.9. The Kier molecular flexibility index (Phi) is 6.37. The zero-order chi connectivity index (χ0) is 22.7. The summed E-state index contributed by atoms with van der Waals surface area (Å²) in [6.45, 7) is 7.44. The number of benzene rings is 2. The smallest absolute Gasteiger partial charge is 0.320 e. The van der Waals surface area contributed by atoms with Gasteiger partial charge in [0.1, 0.15) is 0 Å². The van der Waals surface area contributed by atoms with Crippen molar-refractivity contribution in [1.82, 2.24) is 19.6 Å². The van der Waals surface area contributed by atoms with Crippen molar-refractivity contribution in [2.45, 2.75) is 20.4 Å². The van der Waals surface area contributed by atoms with Crippen LogP contribution in [0.25, 0.3) is 11.1 Å². The standard InChI is InChI=1S/C25H29N5O2/c1-19-15-22(21-7-5-4-6-8-21)9-10-23(19)17-28-11-13-29(14-12-28)25(32)30-18-24(16-26-30)27(3)20(2)31/h4-10,15-16,18H,11-14,17H2,1-3H3. The molecule has 1 aromatic heterocycles. The minimum absolute atomic E-state index is 0.0993. The van der Waals surface area contributed by atoms with Crippen molar-refractivity contribution in [1.29, 1.82) is 0 Å². The molecule has 4 rings (SSSR count). The molecule has 2 heterocycles. The lowest BCUT2D eigenvalue weighted by atomic mass is 9.99. The summed E-state index contributed by atoms with van der Waals surface area (Å²) in [5.41, 5.74) is 5.66. The van der Waals surface area contributed by atoms with E-state index in [0.29, 0.717) is 18.8 Å². The second kappa shape index (κ2) is 9.36. The van der Waals surface area contributed by atoms with Crippen molar-refractivity contribution in [2.24, 2.45) is 0 Å². The molecule has 0 bridgehead atoms. The molecule has 1 fully saturated rings. The fourth-order valence-electron chi connectivity index (χ4n) is 3.94. The number of aryl methyl sites for hydroxylation is 1. The summed E-state index contributed by atoms with van der Waals surface area (Å²) in [6, 6.07) is 16.9. The van der Waals surface area contributed by atoms with Crippen LogP contribution in [-0.4, -0.2) is 64.7 Å². The van der Waals surface area contributed by atoms with Crippen LogP contribution in [0, 0.1) is 6.92 Å². The lowest BCUT2D eigenvalue weighted by molar-refractivity contribution is -0.116. The average Bonchev–Trinajstić information content (AvgIpc) is 3.30. The van der Waals surface area contributed by atoms with E-state index in [1.54, 1.807) is 13.2 Å². The largest absolute Gasteiger partial charge is 0.344 e. The molecule has 0 saturated carbocycles. The van der Waals surface area contributed by atoms with Crippen molar-refractivity contribution < 1.29 is 9.59 Å². The molecule has 1 saturated heterocycles. The van der Waals surface area contributed by atoms with Gasteiger partial charge in [0.2, 0.25) is 5.91 Å². The highest BCUT2D eigenvalue weighted by Crippen LogP contribution is 2.23. The molecule has 0 aliphatic carbocycles. The number of carbonyl (C=O) groups is 2. The van der Waals surface area contributed by atoms with E-state index in [4.69, 9.17) is 0 Å². The molecular weight excluding hydrogens is 402 g/mol.